The van der Waals surface area contributed by atoms with Gasteiger partial charge >= 0.3 is 0 Å². The van der Waals surface area contributed by atoms with Crippen molar-refractivity contribution in [2.75, 3.05) is 13.7 Å². The van der Waals surface area contributed by atoms with E-state index in [1.807, 2.05) is 29.1 Å². The molecule has 144 valence electrons. The Morgan fingerprint density at radius 3 is 2.78 bits per heavy atom. The number of ether oxygens (including phenoxy) is 1. The molecule has 0 fully saturated rings. The molecule has 0 saturated heterocycles. The van der Waals surface area contributed by atoms with Crippen molar-refractivity contribution >= 4 is 0 Å². The molecule has 0 radical (unpaired) electrons. The van der Waals surface area contributed by atoms with Gasteiger partial charge in [0.2, 0.25) is 5.82 Å². The first-order chi connectivity index (χ1) is 13.2. The number of nitrogens with zero attached hydrogens (tertiary/aromatic N) is 5. The quantitative estimate of drug-likeness (QED) is 0.578. The predicted molar refractivity (Wildman–Crippen MR) is 98.6 cm³/mol. The summed E-state index contributed by atoms with van der Waals surface area (Å²) in [6.07, 6.45) is 5.42. The summed E-state index contributed by atoms with van der Waals surface area (Å²) in [4.78, 5) is 5.57. The molecule has 0 aromatic carbocycles. The molecule has 3 aromatic heterocycles. The minimum Gasteiger partial charge on any atom is -0.463 e. The van der Waals surface area contributed by atoms with Gasteiger partial charge in [-0.3, -0.25) is 4.98 Å². The summed E-state index contributed by atoms with van der Waals surface area (Å²) in [6, 6.07) is 8.09. The van der Waals surface area contributed by atoms with E-state index < -0.39 is 0 Å². The fraction of sp³-hybridized carbons (Fsp3) is 0.474. The fourth-order valence-corrected chi connectivity index (χ4v) is 3.41. The molecule has 3 heterocycles. The molecular formula is C19H27N6O2+. The number of hydrogen-bond donors (Lipinski definition) is 1. The summed E-state index contributed by atoms with van der Waals surface area (Å²) < 4.78 is 12.7. The number of tetrazole rings is 1. The van der Waals surface area contributed by atoms with Gasteiger partial charge in [0, 0.05) is 31.0 Å². The number of pyridine rings is 1. The van der Waals surface area contributed by atoms with Crippen LogP contribution in [0.15, 0.2) is 47.3 Å². The number of furan rings is 1. The molecule has 0 bridgehead atoms. The maximum atomic E-state index is 5.63. The van der Waals surface area contributed by atoms with Gasteiger partial charge in [-0.1, -0.05) is 19.9 Å². The molecule has 0 spiro atoms. The van der Waals surface area contributed by atoms with E-state index in [1.165, 1.54) is 10.5 Å². The predicted octanol–water partition coefficient (Wildman–Crippen LogP) is 1.29. The molecule has 0 aliphatic heterocycles. The largest absolute Gasteiger partial charge is 0.463 e. The lowest BCUT2D eigenvalue weighted by molar-refractivity contribution is -0.963. The molecule has 1 N–H and O–H groups in total. The minimum atomic E-state index is 0.0992. The summed E-state index contributed by atoms with van der Waals surface area (Å²) in [5, 5.41) is 12.5. The average molecular weight is 371 g/mol. The van der Waals surface area contributed by atoms with Gasteiger partial charge in [0.25, 0.3) is 0 Å². The number of nitrogens with one attached hydrogen (secondary N) is 1. The van der Waals surface area contributed by atoms with Crippen molar-refractivity contribution < 1.29 is 14.1 Å². The van der Waals surface area contributed by atoms with Gasteiger partial charge < -0.3 is 14.1 Å². The molecule has 8 heteroatoms. The molecule has 1 unspecified atom stereocenters. The lowest BCUT2D eigenvalue weighted by Gasteiger charge is -2.30. The van der Waals surface area contributed by atoms with Gasteiger partial charge in [0.05, 0.1) is 19.4 Å². The van der Waals surface area contributed by atoms with Gasteiger partial charge in [-0.2, -0.15) is 0 Å². The Morgan fingerprint density at radius 1 is 1.22 bits per heavy atom. The Balaban J connectivity index is 1.92. The summed E-state index contributed by atoms with van der Waals surface area (Å²) in [7, 11) is 1.68. The Labute approximate surface area is 159 Å². The third kappa shape index (κ3) is 4.99. The van der Waals surface area contributed by atoms with E-state index in [9.17, 15) is 0 Å². The topological polar surface area (TPSA) is 83.3 Å². The molecule has 0 amide bonds. The number of hydrogen-bond acceptors (Lipinski definition) is 6. The van der Waals surface area contributed by atoms with E-state index in [4.69, 9.17) is 9.15 Å². The Bertz CT molecular complexity index is 788. The van der Waals surface area contributed by atoms with Gasteiger partial charge in [0.15, 0.2) is 11.8 Å². The zero-order chi connectivity index (χ0) is 19.1. The van der Waals surface area contributed by atoms with Crippen LogP contribution in [0, 0.1) is 5.92 Å². The van der Waals surface area contributed by atoms with E-state index in [0.29, 0.717) is 19.1 Å². The van der Waals surface area contributed by atoms with Crippen molar-refractivity contribution in [2.24, 2.45) is 5.92 Å². The molecule has 8 nitrogen and oxygen atoms in total. The van der Waals surface area contributed by atoms with Crippen LogP contribution in [0.5, 0.6) is 0 Å². The smallest absolute Gasteiger partial charge is 0.209 e. The van der Waals surface area contributed by atoms with E-state index in [2.05, 4.69) is 40.4 Å². The maximum Gasteiger partial charge on any atom is 0.209 e. The minimum absolute atomic E-state index is 0.0992. The highest BCUT2D eigenvalue weighted by atomic mass is 16.5. The summed E-state index contributed by atoms with van der Waals surface area (Å²) in [5.74, 6) is 2.14. The highest BCUT2D eigenvalue weighted by Crippen LogP contribution is 2.17. The first kappa shape index (κ1) is 19.2. The maximum absolute atomic E-state index is 5.63. The number of methoxy groups -OCH3 is 1. The molecule has 27 heavy (non-hydrogen) atoms. The Kier molecular flexibility index (Phi) is 6.67. The molecule has 3 aromatic rings. The molecule has 0 aliphatic rings. The SMILES string of the molecule is COCCn1nnnc1[C@H](C(C)C)[NH+](Cc1cccnc1)Cc1ccco1. The zero-order valence-electron chi connectivity index (χ0n) is 16.1. The van der Waals surface area contributed by atoms with E-state index in [-0.39, 0.29) is 6.04 Å². The lowest BCUT2D eigenvalue weighted by Crippen LogP contribution is -3.10. The fourth-order valence-electron chi connectivity index (χ4n) is 3.41. The highest BCUT2D eigenvalue weighted by Gasteiger charge is 2.33. The van der Waals surface area contributed by atoms with Gasteiger partial charge in [0.1, 0.15) is 13.1 Å². The van der Waals surface area contributed by atoms with Crippen LogP contribution in [-0.4, -0.2) is 38.9 Å². The first-order valence-corrected chi connectivity index (χ1v) is 9.20. The molecular weight excluding hydrogens is 344 g/mol. The molecule has 0 aliphatic carbocycles. The van der Waals surface area contributed by atoms with Crippen LogP contribution in [0.3, 0.4) is 0 Å². The second kappa shape index (κ2) is 9.38. The van der Waals surface area contributed by atoms with Crippen LogP contribution >= 0.6 is 0 Å². The number of aromatic nitrogens is 5. The second-order valence-electron chi connectivity index (χ2n) is 6.93. The van der Waals surface area contributed by atoms with Crippen molar-refractivity contribution in [3.8, 4) is 0 Å². The molecule has 0 saturated carbocycles. The van der Waals surface area contributed by atoms with Crippen LogP contribution in [0.4, 0.5) is 0 Å². The van der Waals surface area contributed by atoms with Crippen LogP contribution in [0.25, 0.3) is 0 Å². The first-order valence-electron chi connectivity index (χ1n) is 9.20. The average Bonchev–Trinajstić information content (AvgIpc) is 3.33. The van der Waals surface area contributed by atoms with Crippen molar-refractivity contribution in [3.63, 3.8) is 0 Å². The van der Waals surface area contributed by atoms with Crippen molar-refractivity contribution in [1.29, 1.82) is 0 Å². The van der Waals surface area contributed by atoms with Gasteiger partial charge in [-0.15, -0.1) is 5.10 Å². The molecule has 2 atom stereocenters. The van der Waals surface area contributed by atoms with Crippen LogP contribution in [0.2, 0.25) is 0 Å². The van der Waals surface area contributed by atoms with Crippen molar-refractivity contribution in [2.45, 2.75) is 39.5 Å². The van der Waals surface area contributed by atoms with Crippen LogP contribution in [0.1, 0.15) is 37.0 Å². The summed E-state index contributed by atoms with van der Waals surface area (Å²) in [6.45, 7) is 7.13. The van der Waals surface area contributed by atoms with E-state index in [0.717, 1.165) is 24.7 Å². The third-order valence-electron chi connectivity index (χ3n) is 4.59. The normalized spacial score (nSPS) is 13.8. The van der Waals surface area contributed by atoms with E-state index in [1.54, 1.807) is 19.6 Å². The second-order valence-corrected chi connectivity index (χ2v) is 6.93. The number of rotatable bonds is 10. The van der Waals surface area contributed by atoms with Crippen molar-refractivity contribution in [3.05, 3.63) is 60.1 Å². The lowest BCUT2D eigenvalue weighted by atomic mass is 10.0. The number of quaternary nitrogens is 1. The summed E-state index contributed by atoms with van der Waals surface area (Å²) >= 11 is 0. The van der Waals surface area contributed by atoms with Crippen LogP contribution < -0.4 is 4.90 Å². The van der Waals surface area contributed by atoms with Crippen molar-refractivity contribution in [1.82, 2.24) is 25.2 Å². The van der Waals surface area contributed by atoms with E-state index >= 15 is 0 Å². The van der Waals surface area contributed by atoms with Crippen LogP contribution in [-0.2, 0) is 24.4 Å². The third-order valence-corrected chi connectivity index (χ3v) is 4.59. The standard InChI is InChI=1S/C19H26N6O2/c1-15(2)18(19-21-22-23-25(19)9-11-26-3)24(14-17-7-5-10-27-17)13-16-6-4-8-20-12-16/h4-8,10,12,15,18H,9,11,13-14H2,1-3H3/p+1/t18-/m0/s1. The van der Waals surface area contributed by atoms with Gasteiger partial charge in [-0.05, 0) is 28.6 Å². The summed E-state index contributed by atoms with van der Waals surface area (Å²) in [5.41, 5.74) is 1.17. The Morgan fingerprint density at radius 2 is 2.11 bits per heavy atom. The molecule has 3 rings (SSSR count). The monoisotopic (exact) mass is 371 g/mol. The zero-order valence-corrected chi connectivity index (χ0v) is 16.1. The Hall–Kier alpha value is -2.58. The van der Waals surface area contributed by atoms with Gasteiger partial charge in [-0.25, -0.2) is 4.68 Å². The highest BCUT2D eigenvalue weighted by molar-refractivity contribution is 5.07.